The van der Waals surface area contributed by atoms with Crippen LogP contribution in [0, 0.1) is 65.0 Å². The van der Waals surface area contributed by atoms with Crippen LogP contribution >= 0.6 is 70.4 Å². The summed E-state index contributed by atoms with van der Waals surface area (Å²) in [6, 6.07) is 14.5. The summed E-state index contributed by atoms with van der Waals surface area (Å²) in [5, 5.41) is 144. The fraction of sp³-hybridized carbons (Fsp3) is 0.350. The average Bonchev–Trinajstić information content (AvgIpc) is 0.759. The van der Waals surface area contributed by atoms with E-state index in [-0.39, 0.29) is 102 Å². The van der Waals surface area contributed by atoms with Crippen molar-refractivity contribution in [1.82, 2.24) is 45.2 Å². The van der Waals surface area contributed by atoms with Gasteiger partial charge < -0.3 is 97.4 Å². The van der Waals surface area contributed by atoms with Crippen molar-refractivity contribution < 1.29 is 80.5 Å². The van der Waals surface area contributed by atoms with Gasteiger partial charge in [-0.3, -0.25) is 49.9 Å². The second-order valence-corrected chi connectivity index (χ2v) is 24.5. The number of rotatable bonds is 18. The number of hydrogen-bond donors (Lipinski definition) is 17. The number of benzene rings is 5. The van der Waals surface area contributed by atoms with Crippen molar-refractivity contribution >= 4 is 133 Å². The highest BCUT2D eigenvalue weighted by Crippen LogP contribution is 2.35. The first-order chi connectivity index (χ1) is 47.8. The number of aromatic nitrogens is 8. The molecule has 1 saturated heterocycles. The number of nitrogen functional groups attached to an aromatic ring is 1. The number of aldehydes is 1. The van der Waals surface area contributed by atoms with E-state index in [9.17, 15) is 100 Å². The van der Waals surface area contributed by atoms with Gasteiger partial charge in [0, 0.05) is 49.9 Å². The second kappa shape index (κ2) is 38.2. The van der Waals surface area contributed by atoms with Crippen LogP contribution in [0.2, 0.25) is 25.1 Å². The van der Waals surface area contributed by atoms with Crippen LogP contribution in [0.5, 0.6) is 0 Å². The lowest BCUT2D eigenvalue weighted by molar-refractivity contribution is -0.384. The molecule has 5 aliphatic heterocycles. The maximum Gasteiger partial charge on any atom is 0.349 e. The number of aliphatic hydroxyl groups excluding tert-OH is 11. The maximum atomic E-state index is 12.1. The van der Waals surface area contributed by atoms with Gasteiger partial charge in [0.15, 0.2) is 29.3 Å². The van der Waals surface area contributed by atoms with Crippen molar-refractivity contribution in [3.63, 3.8) is 0 Å². The van der Waals surface area contributed by atoms with E-state index in [2.05, 4.69) is 35.6 Å². The first-order valence-corrected chi connectivity index (χ1v) is 31.4. The second-order valence-electron chi connectivity index (χ2n) is 22.5. The minimum absolute atomic E-state index is 0. The standard InChI is InChI=1S/C16H17ClN4O6.C13H9ClN4O3.C12H15ClN2O6.C12H17ClN2O6.C7H7ClN2O2.ClH.H3N/c1-6-2-8-9(3-7(6)17)21(4-10(23)13(25)11(24)5-22)14-12(18-8)15(26)20-16(27)19-14;1-6-4-8-9(5-7(6)14)18(2-3-19)11-10(15-8)12(20)17-13(21)16-11;1-5-2-8(15(19)20)7(3-6(5)13)14-12-11(18)10(17)9(16)4-21-12;1-6-2-9(15(20)21)8(3-7(6)13)14-4-10(17)12(19)11(18)5-16;1-4-2-7(10(11)12)6(9)3-5(4)8;;/h2-3,10-11,13,22-25H,4-5H2,1H3,(H,20,26,27);3-5H,2H2,1H3,(H,17,20,21);2-3,9-12,14,16-18H,4H2,1H3;2-3,10-12,14,16-19H,4-5H2,1H3;2-3H,9H2,1H3;1H;1H3/t10-,11+,13-;;;10-,11+,12-;;;/m0..0.../s1. The number of anilines is 3. The van der Waals surface area contributed by atoms with Crippen molar-refractivity contribution in [3.8, 4) is 23.0 Å². The molecule has 564 valence electrons. The number of ether oxygens (including phenoxy) is 1. The van der Waals surface area contributed by atoms with Gasteiger partial charge in [-0.05, 0) is 105 Å². The number of hydrogen-bond acceptors (Lipinski definition) is 31. The topological polar surface area (TPSA) is 625 Å². The van der Waals surface area contributed by atoms with Crippen molar-refractivity contribution in [2.75, 3.05) is 42.7 Å². The number of halogens is 6. The van der Waals surface area contributed by atoms with Gasteiger partial charge in [-0.2, -0.15) is 9.97 Å². The van der Waals surface area contributed by atoms with Crippen LogP contribution < -0.4 is 45.0 Å². The molecule has 5 aromatic rings. The van der Waals surface area contributed by atoms with Crippen LogP contribution in [-0.4, -0.2) is 204 Å². The summed E-state index contributed by atoms with van der Waals surface area (Å²) in [4.78, 5) is 109. The molecule has 10 rings (SSSR count). The summed E-state index contributed by atoms with van der Waals surface area (Å²) < 4.78 is 7.91. The number of H-pyrrole nitrogens is 2. The first kappa shape index (κ1) is 87.6. The van der Waals surface area contributed by atoms with E-state index in [0.29, 0.717) is 75.7 Å². The molecule has 0 saturated carbocycles. The fourth-order valence-electron chi connectivity index (χ4n) is 9.46. The Bertz CT molecular complexity index is 4760. The first-order valence-electron chi connectivity index (χ1n) is 29.5. The lowest BCUT2D eigenvalue weighted by atomic mass is 10.0. The van der Waals surface area contributed by atoms with Crippen molar-refractivity contribution in [3.05, 3.63) is 186 Å². The molecule has 0 amide bonds. The van der Waals surface area contributed by atoms with Gasteiger partial charge in [-0.25, -0.2) is 19.6 Å². The smallest absolute Gasteiger partial charge is 0.349 e. The molecule has 5 heterocycles. The summed E-state index contributed by atoms with van der Waals surface area (Å²) >= 11 is 29.8. The number of carbonyl (C=O) groups is 1. The Balaban J connectivity index is 0.000000279. The Labute approximate surface area is 615 Å². The summed E-state index contributed by atoms with van der Waals surface area (Å²) in [5.74, 6) is -0.0517. The van der Waals surface area contributed by atoms with Gasteiger partial charge >= 0.3 is 11.4 Å². The monoisotopic (exact) mass is 1580 g/mol. The van der Waals surface area contributed by atoms with Crippen LogP contribution in [0.25, 0.3) is 45.1 Å². The highest BCUT2D eigenvalue weighted by atomic mass is 35.5. The number of nitrogens with zero attached hydrogens (tertiary/aromatic N) is 9. The van der Waals surface area contributed by atoms with Gasteiger partial charge in [0.25, 0.3) is 28.2 Å². The number of nitro benzene ring substituents is 3. The Hall–Kier alpha value is -8.85. The molecule has 10 atom stereocenters. The highest BCUT2D eigenvalue weighted by molar-refractivity contribution is 6.33. The molecule has 4 unspecified atom stereocenters. The molecule has 0 bridgehead atoms. The van der Waals surface area contributed by atoms with Gasteiger partial charge in [0.05, 0.1) is 75.9 Å². The number of nitrogens with one attached hydrogen (secondary N) is 4. The molecule has 0 aliphatic carbocycles. The lowest BCUT2D eigenvalue weighted by Crippen LogP contribution is -2.55. The Morgan fingerprint density at radius 2 is 0.981 bits per heavy atom. The van der Waals surface area contributed by atoms with E-state index in [1.165, 1.54) is 51.6 Å². The van der Waals surface area contributed by atoms with E-state index in [1.807, 2.05) is 4.98 Å². The average molecular weight is 1580 g/mol. The van der Waals surface area contributed by atoms with Crippen LogP contribution in [0.4, 0.5) is 34.1 Å². The Kier molecular flexibility index (Phi) is 32.2. The minimum Gasteiger partial charge on any atom is -0.394 e. The van der Waals surface area contributed by atoms with E-state index in [0.717, 1.165) is 5.56 Å². The Morgan fingerprint density at radius 1 is 0.587 bits per heavy atom. The van der Waals surface area contributed by atoms with Gasteiger partial charge in [0.1, 0.15) is 72.2 Å². The van der Waals surface area contributed by atoms with Crippen LogP contribution in [0.15, 0.2) is 79.8 Å². The molecule has 5 aromatic carbocycles. The number of aliphatic hydroxyl groups is 11. The minimum atomic E-state index is -1.67. The summed E-state index contributed by atoms with van der Waals surface area (Å²) in [6.45, 7) is 6.15. The zero-order valence-electron chi connectivity index (χ0n) is 54.8. The molecule has 5 aliphatic rings. The number of nitro groups is 3. The van der Waals surface area contributed by atoms with Crippen molar-refractivity contribution in [2.45, 2.75) is 109 Å². The van der Waals surface area contributed by atoms with Crippen LogP contribution in [0.1, 0.15) is 27.8 Å². The highest BCUT2D eigenvalue weighted by Gasteiger charge is 2.39. The molecule has 0 spiro atoms. The van der Waals surface area contributed by atoms with Gasteiger partial charge in [0.2, 0.25) is 0 Å². The quantitative estimate of drug-likeness (QED) is 0.0193. The van der Waals surface area contributed by atoms with E-state index in [4.69, 9.17) is 78.7 Å². The molecule has 104 heavy (non-hydrogen) atoms. The SMILES string of the molecule is Cc1cc([N+](=O)[O-])c(N)cc1Cl.Cc1cc([N+](=O)[O-])c(NC2OCC(O)C(O)C2O)cc1Cl.Cc1cc([N+](=O)[O-])c(NC[C@H](O)[C@H](O)[C@H](O)CO)cc1Cl.Cc1cc2nc3c(=O)[nH]c(=O)nc-3n(CC=O)c2cc1Cl.Cc1cc2nc3c(=O)[nH]c(=O)nc-3n(C[C@H](O)[C@H](O)[C@H](O)CO)c2cc1Cl.Cl.N. The summed E-state index contributed by atoms with van der Waals surface area (Å²) in [5.41, 5.74) is 6.81. The predicted molar refractivity (Wildman–Crippen MR) is 383 cm³/mol. The summed E-state index contributed by atoms with van der Waals surface area (Å²) in [6.07, 6.45) is -13.8. The van der Waals surface area contributed by atoms with Gasteiger partial charge in [-0.15, -0.1) is 12.4 Å². The summed E-state index contributed by atoms with van der Waals surface area (Å²) in [7, 11) is 0. The Morgan fingerprint density at radius 3 is 1.43 bits per heavy atom. The fourth-order valence-corrected chi connectivity index (χ4v) is 10.3. The predicted octanol–water partition coefficient (Wildman–Crippen LogP) is 2.54. The number of fused-ring (bicyclic) bond motifs is 4. The van der Waals surface area contributed by atoms with E-state index >= 15 is 0 Å². The largest absolute Gasteiger partial charge is 0.394 e. The molecule has 0 radical (unpaired) electrons. The molecule has 0 aromatic heterocycles. The molecular formula is C60H69Cl6N15O23. The molecule has 20 N–H and O–H groups in total. The zero-order chi connectivity index (χ0) is 76.2. The number of aryl methyl sites for hydroxylation is 5. The maximum absolute atomic E-state index is 12.1. The number of carbonyl (C=O) groups excluding carboxylic acids is 1. The van der Waals surface area contributed by atoms with Crippen LogP contribution in [0.3, 0.4) is 0 Å². The normalized spacial score (nSPS) is 16.3. The molecule has 1 fully saturated rings. The van der Waals surface area contributed by atoms with Crippen molar-refractivity contribution in [1.29, 1.82) is 0 Å². The molecule has 38 nitrogen and oxygen atoms in total. The van der Waals surface area contributed by atoms with Crippen molar-refractivity contribution in [2.24, 2.45) is 0 Å². The van der Waals surface area contributed by atoms with E-state index in [1.54, 1.807) is 52.8 Å². The molecule has 44 heteroatoms. The van der Waals surface area contributed by atoms with Gasteiger partial charge in [-0.1, -0.05) is 58.0 Å². The van der Waals surface area contributed by atoms with Crippen LogP contribution in [-0.2, 0) is 22.6 Å². The third-order valence-electron chi connectivity index (χ3n) is 15.1. The zero-order valence-corrected chi connectivity index (χ0v) is 59.4. The van der Waals surface area contributed by atoms with E-state index < -0.39 is 112 Å². The third-order valence-corrected chi connectivity index (χ3v) is 17.1. The lowest BCUT2D eigenvalue weighted by Gasteiger charge is -2.35. The molecular weight excluding hydrogens is 1510 g/mol. The number of nitrogens with two attached hydrogens (primary N) is 1. The number of aromatic amines is 2. The third kappa shape index (κ3) is 21.4.